The van der Waals surface area contributed by atoms with Gasteiger partial charge in [0.25, 0.3) is 0 Å². The lowest BCUT2D eigenvalue weighted by Gasteiger charge is -2.23. The zero-order chi connectivity index (χ0) is 13.4. The highest BCUT2D eigenvalue weighted by molar-refractivity contribution is 7.89. The Bertz CT molecular complexity index is 309. The van der Waals surface area contributed by atoms with Gasteiger partial charge in [-0.3, -0.25) is 0 Å². The van der Waals surface area contributed by atoms with Crippen molar-refractivity contribution in [2.45, 2.75) is 58.4 Å². The molecule has 1 rings (SSSR count). The van der Waals surface area contributed by atoms with Gasteiger partial charge >= 0.3 is 0 Å². The van der Waals surface area contributed by atoms with Gasteiger partial charge in [0.05, 0.1) is 5.75 Å². The summed E-state index contributed by atoms with van der Waals surface area (Å²) in [4.78, 5) is 0. The van der Waals surface area contributed by atoms with Crippen LogP contribution in [0.25, 0.3) is 0 Å². The zero-order valence-corrected chi connectivity index (χ0v) is 12.6. The average molecular weight is 276 g/mol. The first-order valence-corrected chi connectivity index (χ1v) is 8.85. The summed E-state index contributed by atoms with van der Waals surface area (Å²) in [6, 6.07) is 0.145. The minimum Gasteiger partial charge on any atom is -0.313 e. The Morgan fingerprint density at radius 1 is 1.28 bits per heavy atom. The Labute approximate surface area is 112 Å². The van der Waals surface area contributed by atoms with Crippen LogP contribution in [-0.4, -0.2) is 33.3 Å². The van der Waals surface area contributed by atoms with Gasteiger partial charge in [0, 0.05) is 12.6 Å². The van der Waals surface area contributed by atoms with Gasteiger partial charge in [0.2, 0.25) is 10.0 Å². The summed E-state index contributed by atoms with van der Waals surface area (Å²) in [5, 5.41) is 3.27. The third-order valence-corrected chi connectivity index (χ3v) is 4.85. The second-order valence-corrected chi connectivity index (χ2v) is 7.56. The van der Waals surface area contributed by atoms with Crippen molar-refractivity contribution in [1.82, 2.24) is 10.0 Å². The van der Waals surface area contributed by atoms with E-state index >= 15 is 0 Å². The zero-order valence-electron chi connectivity index (χ0n) is 11.7. The average Bonchev–Trinajstić information content (AvgIpc) is 2.28. The number of nitrogens with one attached hydrogen (secondary N) is 2. The summed E-state index contributed by atoms with van der Waals surface area (Å²) in [5.74, 6) is 0.935. The van der Waals surface area contributed by atoms with E-state index in [0.29, 0.717) is 12.5 Å². The monoisotopic (exact) mass is 276 g/mol. The molecule has 18 heavy (non-hydrogen) atoms. The molecule has 1 saturated heterocycles. The predicted octanol–water partition coefficient (Wildman–Crippen LogP) is 1.87. The Hall–Kier alpha value is -0.130. The largest absolute Gasteiger partial charge is 0.313 e. The number of hydrogen-bond acceptors (Lipinski definition) is 3. The first-order chi connectivity index (χ1) is 8.49. The van der Waals surface area contributed by atoms with E-state index in [1.165, 1.54) is 12.8 Å². The molecule has 1 fully saturated rings. The number of piperidine rings is 1. The fourth-order valence-electron chi connectivity index (χ4n) is 2.30. The summed E-state index contributed by atoms with van der Waals surface area (Å²) in [6.45, 7) is 5.92. The van der Waals surface area contributed by atoms with Crippen LogP contribution in [0.3, 0.4) is 0 Å². The Balaban J connectivity index is 2.14. The normalized spacial score (nSPS) is 21.4. The molecule has 108 valence electrons. The summed E-state index contributed by atoms with van der Waals surface area (Å²) in [6.07, 6.45) is 6.50. The molecule has 0 bridgehead atoms. The van der Waals surface area contributed by atoms with Crippen molar-refractivity contribution < 1.29 is 8.42 Å². The molecule has 0 radical (unpaired) electrons. The van der Waals surface area contributed by atoms with E-state index in [1.54, 1.807) is 0 Å². The Morgan fingerprint density at radius 2 is 2.06 bits per heavy atom. The van der Waals surface area contributed by atoms with E-state index in [0.717, 1.165) is 32.2 Å². The van der Waals surface area contributed by atoms with E-state index in [2.05, 4.69) is 23.9 Å². The van der Waals surface area contributed by atoms with E-state index < -0.39 is 10.0 Å². The maximum Gasteiger partial charge on any atom is 0.213 e. The van der Waals surface area contributed by atoms with Gasteiger partial charge in [-0.25, -0.2) is 13.1 Å². The number of sulfonamides is 1. The lowest BCUT2D eigenvalue weighted by molar-refractivity contribution is 0.422. The van der Waals surface area contributed by atoms with Gasteiger partial charge in [-0.05, 0) is 31.7 Å². The number of rotatable bonds is 8. The molecule has 0 aliphatic carbocycles. The summed E-state index contributed by atoms with van der Waals surface area (Å²) in [7, 11) is -3.09. The maximum absolute atomic E-state index is 11.8. The summed E-state index contributed by atoms with van der Waals surface area (Å²) in [5.41, 5.74) is 0. The smallest absolute Gasteiger partial charge is 0.213 e. The van der Waals surface area contributed by atoms with Gasteiger partial charge in [-0.15, -0.1) is 0 Å². The van der Waals surface area contributed by atoms with E-state index in [1.807, 2.05) is 0 Å². The standard InChI is InChI=1S/C13H28N2O2S/c1-12(2)7-3-6-10-15-18(16,17)11-13-8-4-5-9-14-13/h12-15H,3-11H2,1-2H3. The highest BCUT2D eigenvalue weighted by Crippen LogP contribution is 2.09. The minimum atomic E-state index is -3.09. The molecule has 4 nitrogen and oxygen atoms in total. The molecular weight excluding hydrogens is 248 g/mol. The third-order valence-electron chi connectivity index (χ3n) is 3.36. The van der Waals surface area contributed by atoms with Gasteiger partial charge in [0.1, 0.15) is 0 Å². The van der Waals surface area contributed by atoms with Crippen molar-refractivity contribution >= 4 is 10.0 Å². The van der Waals surface area contributed by atoms with Crippen molar-refractivity contribution in [2.24, 2.45) is 5.92 Å². The predicted molar refractivity (Wildman–Crippen MR) is 76.1 cm³/mol. The molecule has 0 aromatic rings. The van der Waals surface area contributed by atoms with Gasteiger partial charge in [-0.1, -0.05) is 33.1 Å². The third kappa shape index (κ3) is 7.34. The van der Waals surface area contributed by atoms with E-state index in [-0.39, 0.29) is 11.8 Å². The second-order valence-electron chi connectivity index (χ2n) is 5.71. The van der Waals surface area contributed by atoms with Crippen LogP contribution in [0.15, 0.2) is 0 Å². The maximum atomic E-state index is 11.8. The molecule has 0 spiro atoms. The van der Waals surface area contributed by atoms with Crippen LogP contribution in [0.5, 0.6) is 0 Å². The Kier molecular flexibility index (Phi) is 7.19. The highest BCUT2D eigenvalue weighted by atomic mass is 32.2. The molecular formula is C13H28N2O2S. The van der Waals surface area contributed by atoms with E-state index in [4.69, 9.17) is 0 Å². The van der Waals surface area contributed by atoms with Crippen LogP contribution in [0.2, 0.25) is 0 Å². The second kappa shape index (κ2) is 8.12. The molecule has 1 aliphatic rings. The van der Waals surface area contributed by atoms with Crippen LogP contribution in [-0.2, 0) is 10.0 Å². The number of hydrogen-bond donors (Lipinski definition) is 2. The highest BCUT2D eigenvalue weighted by Gasteiger charge is 2.20. The Morgan fingerprint density at radius 3 is 2.67 bits per heavy atom. The lowest BCUT2D eigenvalue weighted by Crippen LogP contribution is -2.42. The first-order valence-electron chi connectivity index (χ1n) is 7.20. The van der Waals surface area contributed by atoms with Crippen LogP contribution >= 0.6 is 0 Å². The fourth-order valence-corrected chi connectivity index (χ4v) is 3.68. The summed E-state index contributed by atoms with van der Waals surface area (Å²) >= 11 is 0. The van der Waals surface area contributed by atoms with Crippen molar-refractivity contribution in [1.29, 1.82) is 0 Å². The lowest BCUT2D eigenvalue weighted by atomic mass is 10.1. The molecule has 1 aliphatic heterocycles. The molecule has 0 saturated carbocycles. The molecule has 0 aromatic heterocycles. The molecule has 1 atom stereocenters. The SMILES string of the molecule is CC(C)CCCCNS(=O)(=O)CC1CCCCN1. The van der Waals surface area contributed by atoms with Crippen LogP contribution in [0.4, 0.5) is 0 Å². The van der Waals surface area contributed by atoms with E-state index in [9.17, 15) is 8.42 Å². The first kappa shape index (κ1) is 15.9. The van der Waals surface area contributed by atoms with Crippen LogP contribution in [0.1, 0.15) is 52.4 Å². The molecule has 2 N–H and O–H groups in total. The van der Waals surface area contributed by atoms with Crippen molar-refractivity contribution in [3.63, 3.8) is 0 Å². The van der Waals surface area contributed by atoms with Crippen molar-refractivity contribution in [2.75, 3.05) is 18.8 Å². The van der Waals surface area contributed by atoms with Crippen molar-refractivity contribution in [3.8, 4) is 0 Å². The van der Waals surface area contributed by atoms with Gasteiger partial charge in [0.15, 0.2) is 0 Å². The van der Waals surface area contributed by atoms with Crippen LogP contribution in [0, 0.1) is 5.92 Å². The molecule has 1 unspecified atom stereocenters. The fraction of sp³-hybridized carbons (Fsp3) is 1.00. The topological polar surface area (TPSA) is 58.2 Å². The van der Waals surface area contributed by atoms with Gasteiger partial charge < -0.3 is 5.32 Å². The quantitative estimate of drug-likeness (QED) is 0.665. The van der Waals surface area contributed by atoms with Gasteiger partial charge in [-0.2, -0.15) is 0 Å². The molecule has 5 heteroatoms. The van der Waals surface area contributed by atoms with Crippen LogP contribution < -0.4 is 10.0 Å². The minimum absolute atomic E-state index is 0.145. The molecule has 0 aromatic carbocycles. The number of unbranched alkanes of at least 4 members (excludes halogenated alkanes) is 1. The summed E-state index contributed by atoms with van der Waals surface area (Å²) < 4.78 is 26.4. The molecule has 0 amide bonds. The molecule has 1 heterocycles. The van der Waals surface area contributed by atoms with Crippen molar-refractivity contribution in [3.05, 3.63) is 0 Å².